The van der Waals surface area contributed by atoms with Gasteiger partial charge in [-0.1, -0.05) is 30.5 Å². The smallest absolute Gasteiger partial charge is 0.225 e. The van der Waals surface area contributed by atoms with Crippen LogP contribution in [0.1, 0.15) is 37.7 Å². The van der Waals surface area contributed by atoms with Gasteiger partial charge in [-0.25, -0.2) is 9.07 Å². The number of carbonyl (C=O) groups excluding carboxylic acids is 1. The standard InChI is InChI=1S/C17H22ClFN4O.ClH/c18-14-7-6-13(11-15(14)19)12-23-16(8-10-21-23)22-17(24)5-3-1-2-4-9-20;/h6-8,10-11H,1-5,9,12,20H2,(H,22,24);1H. The molecular weight excluding hydrogens is 366 g/mol. The molecule has 0 radical (unpaired) electrons. The van der Waals surface area contributed by atoms with Gasteiger partial charge in [0.1, 0.15) is 11.6 Å². The maximum atomic E-state index is 13.5. The minimum Gasteiger partial charge on any atom is -0.330 e. The molecule has 0 aliphatic rings. The van der Waals surface area contributed by atoms with Gasteiger partial charge in [0, 0.05) is 12.5 Å². The minimum absolute atomic E-state index is 0. The van der Waals surface area contributed by atoms with Gasteiger partial charge in [-0.15, -0.1) is 12.4 Å². The summed E-state index contributed by atoms with van der Waals surface area (Å²) in [5, 5.41) is 7.10. The predicted octanol–water partition coefficient (Wildman–Crippen LogP) is 3.99. The first-order chi connectivity index (χ1) is 11.6. The van der Waals surface area contributed by atoms with E-state index in [0.717, 1.165) is 31.2 Å². The van der Waals surface area contributed by atoms with Crippen LogP contribution in [0.2, 0.25) is 5.02 Å². The lowest BCUT2D eigenvalue weighted by atomic mass is 10.1. The number of halogens is 3. The molecule has 0 bridgehead atoms. The van der Waals surface area contributed by atoms with Crippen molar-refractivity contribution in [3.63, 3.8) is 0 Å². The predicted molar refractivity (Wildman–Crippen MR) is 101 cm³/mol. The Morgan fingerprint density at radius 2 is 2.00 bits per heavy atom. The summed E-state index contributed by atoms with van der Waals surface area (Å²) in [6, 6.07) is 6.33. The Morgan fingerprint density at radius 3 is 2.72 bits per heavy atom. The summed E-state index contributed by atoms with van der Waals surface area (Å²) >= 11 is 5.68. The van der Waals surface area contributed by atoms with E-state index in [9.17, 15) is 9.18 Å². The van der Waals surface area contributed by atoms with E-state index in [1.165, 1.54) is 12.1 Å². The first-order valence-corrected chi connectivity index (χ1v) is 8.43. The second-order valence-corrected chi connectivity index (χ2v) is 6.03. The molecule has 2 aromatic rings. The maximum absolute atomic E-state index is 13.5. The number of nitrogens with one attached hydrogen (secondary N) is 1. The van der Waals surface area contributed by atoms with Crippen molar-refractivity contribution < 1.29 is 9.18 Å². The molecule has 2 rings (SSSR count). The van der Waals surface area contributed by atoms with Crippen LogP contribution in [-0.2, 0) is 11.3 Å². The molecule has 0 fully saturated rings. The number of nitrogens with zero attached hydrogens (tertiary/aromatic N) is 2. The number of benzene rings is 1. The number of hydrogen-bond donors (Lipinski definition) is 2. The average Bonchev–Trinajstić information content (AvgIpc) is 2.97. The van der Waals surface area contributed by atoms with Gasteiger partial charge in [-0.05, 0) is 37.1 Å². The topological polar surface area (TPSA) is 72.9 Å². The number of anilines is 1. The molecule has 5 nitrogen and oxygen atoms in total. The number of amides is 1. The number of nitrogens with two attached hydrogens (primary N) is 1. The van der Waals surface area contributed by atoms with Crippen molar-refractivity contribution in [1.82, 2.24) is 9.78 Å². The largest absolute Gasteiger partial charge is 0.330 e. The molecule has 1 aromatic carbocycles. The van der Waals surface area contributed by atoms with Crippen molar-refractivity contribution >= 4 is 35.7 Å². The van der Waals surface area contributed by atoms with Crippen LogP contribution >= 0.6 is 24.0 Å². The van der Waals surface area contributed by atoms with E-state index >= 15 is 0 Å². The Kier molecular flexibility index (Phi) is 9.49. The lowest BCUT2D eigenvalue weighted by molar-refractivity contribution is -0.116. The Bertz CT molecular complexity index is 678. The van der Waals surface area contributed by atoms with E-state index in [1.54, 1.807) is 23.0 Å². The van der Waals surface area contributed by atoms with Crippen molar-refractivity contribution in [3.05, 3.63) is 46.9 Å². The molecule has 0 aliphatic carbocycles. The molecule has 0 aliphatic heterocycles. The number of hydrogen-bond acceptors (Lipinski definition) is 3. The molecule has 3 N–H and O–H groups in total. The van der Waals surface area contributed by atoms with E-state index in [0.29, 0.717) is 25.3 Å². The van der Waals surface area contributed by atoms with Gasteiger partial charge in [-0.3, -0.25) is 4.79 Å². The molecule has 25 heavy (non-hydrogen) atoms. The van der Waals surface area contributed by atoms with Crippen LogP contribution in [0.4, 0.5) is 10.2 Å². The zero-order valence-electron chi connectivity index (χ0n) is 13.9. The second-order valence-electron chi connectivity index (χ2n) is 5.62. The monoisotopic (exact) mass is 388 g/mol. The molecule has 0 atom stereocenters. The summed E-state index contributed by atoms with van der Waals surface area (Å²) in [5.41, 5.74) is 6.16. The first kappa shape index (κ1) is 21.4. The van der Waals surface area contributed by atoms with Crippen LogP contribution in [0.5, 0.6) is 0 Å². The Morgan fingerprint density at radius 1 is 1.24 bits per heavy atom. The third-order valence-electron chi connectivity index (χ3n) is 3.66. The van der Waals surface area contributed by atoms with Crippen LogP contribution in [0.25, 0.3) is 0 Å². The van der Waals surface area contributed by atoms with Crippen molar-refractivity contribution in [1.29, 1.82) is 0 Å². The van der Waals surface area contributed by atoms with Gasteiger partial charge in [0.15, 0.2) is 0 Å². The molecule has 8 heteroatoms. The van der Waals surface area contributed by atoms with Crippen LogP contribution in [-0.4, -0.2) is 22.2 Å². The van der Waals surface area contributed by atoms with E-state index in [-0.39, 0.29) is 23.3 Å². The summed E-state index contributed by atoms with van der Waals surface area (Å²) in [4.78, 5) is 12.0. The van der Waals surface area contributed by atoms with E-state index in [1.807, 2.05) is 0 Å². The third kappa shape index (κ3) is 7.02. The zero-order chi connectivity index (χ0) is 17.4. The van der Waals surface area contributed by atoms with Gasteiger partial charge in [0.25, 0.3) is 0 Å². The molecule has 0 spiro atoms. The van der Waals surface area contributed by atoms with Gasteiger partial charge in [-0.2, -0.15) is 5.10 Å². The number of unbranched alkanes of at least 4 members (excludes halogenated alkanes) is 3. The van der Waals surface area contributed by atoms with Crippen molar-refractivity contribution in [2.24, 2.45) is 5.73 Å². The summed E-state index contributed by atoms with van der Waals surface area (Å²) in [5.74, 6) is 0.0773. The van der Waals surface area contributed by atoms with Gasteiger partial charge >= 0.3 is 0 Å². The van der Waals surface area contributed by atoms with Gasteiger partial charge < -0.3 is 11.1 Å². The maximum Gasteiger partial charge on any atom is 0.225 e. The minimum atomic E-state index is -0.468. The highest BCUT2D eigenvalue weighted by atomic mass is 35.5. The molecule has 0 saturated carbocycles. The van der Waals surface area contributed by atoms with E-state index < -0.39 is 5.82 Å². The Labute approximate surface area is 158 Å². The number of rotatable bonds is 9. The van der Waals surface area contributed by atoms with Crippen LogP contribution < -0.4 is 11.1 Å². The summed E-state index contributed by atoms with van der Waals surface area (Å²) in [6.45, 7) is 1.05. The highest BCUT2D eigenvalue weighted by molar-refractivity contribution is 6.30. The fourth-order valence-corrected chi connectivity index (χ4v) is 2.48. The number of aromatic nitrogens is 2. The lowest BCUT2D eigenvalue weighted by Gasteiger charge is -2.09. The molecule has 1 amide bonds. The molecule has 1 aromatic heterocycles. The molecule has 1 heterocycles. The van der Waals surface area contributed by atoms with Crippen LogP contribution in [0.3, 0.4) is 0 Å². The normalized spacial score (nSPS) is 10.4. The SMILES string of the molecule is Cl.NCCCCCCC(=O)Nc1ccnn1Cc1ccc(Cl)c(F)c1. The Hall–Kier alpha value is -1.63. The number of carbonyl (C=O) groups is 1. The third-order valence-corrected chi connectivity index (χ3v) is 3.96. The first-order valence-electron chi connectivity index (χ1n) is 8.06. The van der Waals surface area contributed by atoms with E-state index in [4.69, 9.17) is 17.3 Å². The fourth-order valence-electron chi connectivity index (χ4n) is 2.36. The van der Waals surface area contributed by atoms with Crippen molar-refractivity contribution in [2.75, 3.05) is 11.9 Å². The quantitative estimate of drug-likeness (QED) is 0.637. The van der Waals surface area contributed by atoms with Gasteiger partial charge in [0.05, 0.1) is 17.8 Å². The zero-order valence-corrected chi connectivity index (χ0v) is 15.5. The Balaban J connectivity index is 0.00000312. The fraction of sp³-hybridized carbons (Fsp3) is 0.412. The lowest BCUT2D eigenvalue weighted by Crippen LogP contribution is -2.15. The second kappa shape index (κ2) is 11.1. The van der Waals surface area contributed by atoms with Crippen molar-refractivity contribution in [2.45, 2.75) is 38.6 Å². The molecular formula is C17H23Cl2FN4O. The highest BCUT2D eigenvalue weighted by Gasteiger charge is 2.09. The van der Waals surface area contributed by atoms with Crippen molar-refractivity contribution in [3.8, 4) is 0 Å². The van der Waals surface area contributed by atoms with Gasteiger partial charge in [0.2, 0.25) is 5.91 Å². The summed E-state index contributed by atoms with van der Waals surface area (Å²) < 4.78 is 15.1. The van der Waals surface area contributed by atoms with Crippen LogP contribution in [0, 0.1) is 5.82 Å². The van der Waals surface area contributed by atoms with E-state index in [2.05, 4.69) is 10.4 Å². The summed E-state index contributed by atoms with van der Waals surface area (Å²) in [7, 11) is 0. The van der Waals surface area contributed by atoms with Crippen LogP contribution in [0.15, 0.2) is 30.5 Å². The molecule has 0 saturated heterocycles. The molecule has 138 valence electrons. The molecule has 0 unspecified atom stereocenters. The average molecular weight is 389 g/mol. The summed E-state index contributed by atoms with van der Waals surface area (Å²) in [6.07, 6.45) is 5.93. The highest BCUT2D eigenvalue weighted by Crippen LogP contribution is 2.17.